The molecular weight excluding hydrogens is 206 g/mol. The Kier molecular flexibility index (Phi) is 3.35. The second-order valence-corrected chi connectivity index (χ2v) is 4.35. The van der Waals surface area contributed by atoms with Gasteiger partial charge in [-0.05, 0) is 24.8 Å². The number of nitrogens with one attached hydrogen (secondary N) is 1. The van der Waals surface area contributed by atoms with E-state index in [4.69, 9.17) is 0 Å². The normalized spacial score (nSPS) is 10.4. The average Bonchev–Trinajstić information content (AvgIpc) is 2.66. The van der Waals surface area contributed by atoms with Crippen molar-refractivity contribution in [2.75, 3.05) is 0 Å². The number of hydrogen-bond donors (Lipinski definition) is 1. The van der Waals surface area contributed by atoms with E-state index < -0.39 is 0 Å². The Morgan fingerprint density at radius 1 is 1.13 bits per heavy atom. The van der Waals surface area contributed by atoms with Crippen molar-refractivity contribution in [1.82, 2.24) is 4.98 Å². The van der Waals surface area contributed by atoms with Crippen molar-refractivity contribution in [3.63, 3.8) is 0 Å². The number of H-pyrrole nitrogens is 1. The summed E-state index contributed by atoms with van der Waals surface area (Å²) in [4.78, 5) is 13.8. The van der Waals surface area contributed by atoms with Crippen LogP contribution in [0.5, 0.6) is 0 Å². The molecule has 0 atom stereocenters. The van der Waals surface area contributed by atoms with Crippen molar-refractivity contribution < 1.29 is 0 Å². The summed E-state index contributed by atoms with van der Waals surface area (Å²) in [5.74, 6) is 0. The van der Waals surface area contributed by atoms with Crippen LogP contribution >= 0.6 is 11.3 Å². The van der Waals surface area contributed by atoms with Gasteiger partial charge in [0.2, 0.25) is 0 Å². The van der Waals surface area contributed by atoms with Gasteiger partial charge in [0, 0.05) is 11.1 Å². The smallest absolute Gasteiger partial charge is 0.304 e. The van der Waals surface area contributed by atoms with Crippen molar-refractivity contribution in [3.05, 3.63) is 56.6 Å². The van der Waals surface area contributed by atoms with Crippen LogP contribution in [-0.2, 0) is 12.8 Å². The van der Waals surface area contributed by atoms with Crippen LogP contribution in [0.25, 0.3) is 0 Å². The molecule has 0 fully saturated rings. The molecule has 1 aromatic heterocycles. The molecule has 0 radical (unpaired) electrons. The molecule has 2 aromatic rings. The highest BCUT2D eigenvalue weighted by Crippen LogP contribution is 2.06. The first-order valence-corrected chi connectivity index (χ1v) is 5.93. The Bertz CT molecular complexity index is 458. The summed E-state index contributed by atoms with van der Waals surface area (Å²) in [6.07, 6.45) is 3.10. The molecule has 0 aliphatic carbocycles. The summed E-state index contributed by atoms with van der Waals surface area (Å²) in [6, 6.07) is 10.4. The van der Waals surface area contributed by atoms with Gasteiger partial charge in [-0.15, -0.1) is 0 Å². The van der Waals surface area contributed by atoms with Gasteiger partial charge in [0.1, 0.15) is 0 Å². The number of benzene rings is 1. The third kappa shape index (κ3) is 3.06. The summed E-state index contributed by atoms with van der Waals surface area (Å²) < 4.78 is 0. The van der Waals surface area contributed by atoms with Crippen LogP contribution in [-0.4, -0.2) is 4.98 Å². The number of thiazole rings is 1. The van der Waals surface area contributed by atoms with Gasteiger partial charge in [0.15, 0.2) is 0 Å². The van der Waals surface area contributed by atoms with E-state index in [1.165, 1.54) is 16.9 Å². The van der Waals surface area contributed by atoms with E-state index in [1.807, 2.05) is 11.4 Å². The van der Waals surface area contributed by atoms with E-state index >= 15 is 0 Å². The first kappa shape index (κ1) is 10.2. The molecule has 0 spiro atoms. The molecule has 1 N–H and O–H groups in total. The average molecular weight is 219 g/mol. The second kappa shape index (κ2) is 4.94. The highest BCUT2D eigenvalue weighted by molar-refractivity contribution is 7.07. The molecule has 0 aliphatic rings. The molecule has 1 heterocycles. The molecule has 0 saturated carbocycles. The topological polar surface area (TPSA) is 32.9 Å². The fraction of sp³-hybridized carbons (Fsp3) is 0.250. The number of rotatable bonds is 4. The maximum Gasteiger partial charge on any atom is 0.304 e. The number of aromatic amines is 1. The molecule has 0 bridgehead atoms. The molecule has 78 valence electrons. The lowest BCUT2D eigenvalue weighted by molar-refractivity contribution is 0.802. The van der Waals surface area contributed by atoms with Gasteiger partial charge in [-0.25, -0.2) is 0 Å². The van der Waals surface area contributed by atoms with Crippen LogP contribution < -0.4 is 4.87 Å². The van der Waals surface area contributed by atoms with Crippen LogP contribution in [0.2, 0.25) is 0 Å². The van der Waals surface area contributed by atoms with Gasteiger partial charge in [0.25, 0.3) is 0 Å². The van der Waals surface area contributed by atoms with E-state index in [9.17, 15) is 4.79 Å². The first-order chi connectivity index (χ1) is 7.34. The van der Waals surface area contributed by atoms with E-state index in [-0.39, 0.29) is 4.87 Å². The van der Waals surface area contributed by atoms with Crippen LogP contribution in [0.15, 0.2) is 40.5 Å². The minimum absolute atomic E-state index is 0.0460. The zero-order chi connectivity index (χ0) is 10.5. The molecule has 0 saturated heterocycles. The van der Waals surface area contributed by atoms with Crippen molar-refractivity contribution in [3.8, 4) is 0 Å². The SMILES string of the molecule is O=c1[nH]c(CCCc2ccccc2)cs1. The van der Waals surface area contributed by atoms with Gasteiger partial charge in [0.05, 0.1) is 0 Å². The summed E-state index contributed by atoms with van der Waals surface area (Å²) >= 11 is 1.24. The Labute approximate surface area is 92.6 Å². The third-order valence-electron chi connectivity index (χ3n) is 2.33. The van der Waals surface area contributed by atoms with Gasteiger partial charge >= 0.3 is 4.87 Å². The number of aromatic nitrogens is 1. The molecule has 2 rings (SSSR count). The standard InChI is InChI=1S/C12H13NOS/c14-12-13-11(9-15-12)8-4-7-10-5-2-1-3-6-10/h1-3,5-6,9H,4,7-8H2,(H,13,14). The lowest BCUT2D eigenvalue weighted by Gasteiger charge is -1.99. The van der Waals surface area contributed by atoms with Gasteiger partial charge in [-0.2, -0.15) is 0 Å². The Morgan fingerprint density at radius 3 is 2.60 bits per heavy atom. The Hall–Kier alpha value is -1.35. The van der Waals surface area contributed by atoms with Crippen molar-refractivity contribution in [2.24, 2.45) is 0 Å². The quantitative estimate of drug-likeness (QED) is 0.842. The van der Waals surface area contributed by atoms with Gasteiger partial charge < -0.3 is 4.98 Å². The molecule has 0 aliphatic heterocycles. The van der Waals surface area contributed by atoms with Crippen LogP contribution in [0.1, 0.15) is 17.7 Å². The summed E-state index contributed by atoms with van der Waals surface area (Å²) in [7, 11) is 0. The summed E-state index contributed by atoms with van der Waals surface area (Å²) in [5, 5.41) is 1.91. The van der Waals surface area contributed by atoms with Crippen LogP contribution in [0, 0.1) is 0 Å². The predicted molar refractivity (Wildman–Crippen MR) is 63.4 cm³/mol. The molecule has 0 amide bonds. The highest BCUT2D eigenvalue weighted by Gasteiger charge is 1.97. The molecule has 3 heteroatoms. The van der Waals surface area contributed by atoms with Crippen molar-refractivity contribution in [2.45, 2.75) is 19.3 Å². The fourth-order valence-electron chi connectivity index (χ4n) is 1.56. The lowest BCUT2D eigenvalue weighted by atomic mass is 10.1. The van der Waals surface area contributed by atoms with Gasteiger partial charge in [-0.3, -0.25) is 4.79 Å². The first-order valence-electron chi connectivity index (χ1n) is 5.05. The maximum atomic E-state index is 10.9. The van der Waals surface area contributed by atoms with E-state index in [2.05, 4.69) is 29.2 Å². The van der Waals surface area contributed by atoms with Gasteiger partial charge in [-0.1, -0.05) is 41.7 Å². The summed E-state index contributed by atoms with van der Waals surface area (Å²) in [5.41, 5.74) is 2.41. The van der Waals surface area contributed by atoms with Crippen molar-refractivity contribution >= 4 is 11.3 Å². The number of aryl methyl sites for hydroxylation is 2. The fourth-order valence-corrected chi connectivity index (χ4v) is 2.18. The minimum atomic E-state index is 0.0460. The highest BCUT2D eigenvalue weighted by atomic mass is 32.1. The Balaban J connectivity index is 1.83. The maximum absolute atomic E-state index is 10.9. The van der Waals surface area contributed by atoms with Crippen LogP contribution in [0.3, 0.4) is 0 Å². The zero-order valence-electron chi connectivity index (χ0n) is 8.40. The molecule has 0 unspecified atom stereocenters. The summed E-state index contributed by atoms with van der Waals surface area (Å²) in [6.45, 7) is 0. The largest absolute Gasteiger partial charge is 0.317 e. The lowest BCUT2D eigenvalue weighted by Crippen LogP contribution is -1.96. The van der Waals surface area contributed by atoms with Crippen molar-refractivity contribution in [1.29, 1.82) is 0 Å². The Morgan fingerprint density at radius 2 is 1.93 bits per heavy atom. The minimum Gasteiger partial charge on any atom is -0.317 e. The molecular formula is C12H13NOS. The molecule has 2 nitrogen and oxygen atoms in total. The van der Waals surface area contributed by atoms with E-state index in [1.54, 1.807) is 0 Å². The zero-order valence-corrected chi connectivity index (χ0v) is 9.22. The third-order valence-corrected chi connectivity index (χ3v) is 3.04. The van der Waals surface area contributed by atoms with E-state index in [0.717, 1.165) is 25.0 Å². The second-order valence-electron chi connectivity index (χ2n) is 3.51. The molecule has 1 aromatic carbocycles. The molecule has 15 heavy (non-hydrogen) atoms. The van der Waals surface area contributed by atoms with E-state index in [0.29, 0.717) is 0 Å². The van der Waals surface area contributed by atoms with Crippen LogP contribution in [0.4, 0.5) is 0 Å². The number of hydrogen-bond acceptors (Lipinski definition) is 2. The monoisotopic (exact) mass is 219 g/mol. The predicted octanol–water partition coefficient (Wildman–Crippen LogP) is 2.61.